The topological polar surface area (TPSA) is 16.9 Å². The smallest absolute Gasteiger partial charge is 0.198 e. The van der Waals surface area contributed by atoms with Gasteiger partial charge >= 0.3 is 0 Å². The first-order chi connectivity index (χ1) is 10.2. The van der Waals surface area contributed by atoms with Crippen LogP contribution in [0.2, 0.25) is 0 Å². The maximum absolute atomic E-state index is 5.80. The Kier molecular flexibility index (Phi) is 5.40. The summed E-state index contributed by atoms with van der Waals surface area (Å²) in [6.45, 7) is 0. The minimum atomic E-state index is 0. The van der Waals surface area contributed by atoms with Crippen LogP contribution in [0.3, 0.4) is 0 Å². The summed E-state index contributed by atoms with van der Waals surface area (Å²) in [6.07, 6.45) is 0. The molecule has 22 heavy (non-hydrogen) atoms. The predicted octanol–water partition coefficient (Wildman–Crippen LogP) is -0.878. The highest BCUT2D eigenvalue weighted by atomic mass is 79.9. The number of methoxy groups -OCH3 is 1. The number of rotatable bonds is 3. The molecule has 0 bridgehead atoms. The van der Waals surface area contributed by atoms with Crippen molar-refractivity contribution in [2.24, 2.45) is 0 Å². The summed E-state index contributed by atoms with van der Waals surface area (Å²) in [7, 11) is 6.05. The average molecular weight is 361 g/mol. The number of quaternary nitrogens is 1. The molecule has 2 aromatic carbocycles. The van der Waals surface area contributed by atoms with E-state index in [0.29, 0.717) is 0 Å². The van der Waals surface area contributed by atoms with Crippen LogP contribution in [0.15, 0.2) is 66.4 Å². The van der Waals surface area contributed by atoms with Crippen LogP contribution in [0.4, 0.5) is 0 Å². The van der Waals surface area contributed by atoms with Gasteiger partial charge in [-0.05, 0) is 17.7 Å². The quantitative estimate of drug-likeness (QED) is 0.765. The third-order valence-corrected chi connectivity index (χ3v) is 4.17. The van der Waals surface area contributed by atoms with Crippen molar-refractivity contribution in [2.45, 2.75) is 6.04 Å². The van der Waals surface area contributed by atoms with Gasteiger partial charge in [-0.25, -0.2) is 5.01 Å². The second-order valence-corrected chi connectivity index (χ2v) is 5.32. The normalized spacial score (nSPS) is 21.6. The molecule has 0 amide bonds. The van der Waals surface area contributed by atoms with Gasteiger partial charge in [0.1, 0.15) is 6.04 Å². The molecular weight excluding hydrogens is 340 g/mol. The summed E-state index contributed by atoms with van der Waals surface area (Å²) in [4.78, 5) is 0. The lowest BCUT2D eigenvalue weighted by Crippen LogP contribution is -3.11. The van der Waals surface area contributed by atoms with Gasteiger partial charge in [-0.3, -0.25) is 0 Å². The number of nitrogens with zero attached hydrogens (tertiary/aromatic N) is 1. The number of benzene rings is 2. The van der Waals surface area contributed by atoms with Crippen LogP contribution in [0.25, 0.3) is 5.70 Å². The fraction of sp³-hybridized carbons (Fsp3) is 0.222. The molecule has 3 nitrogen and oxygen atoms in total. The molecule has 0 aromatic heterocycles. The summed E-state index contributed by atoms with van der Waals surface area (Å²) in [6, 6.07) is 21.1. The number of halogens is 1. The summed E-state index contributed by atoms with van der Waals surface area (Å²) in [5, 5.41) is 3.53. The Morgan fingerprint density at radius 2 is 1.50 bits per heavy atom. The lowest BCUT2D eigenvalue weighted by atomic mass is 10.0. The lowest BCUT2D eigenvalue weighted by molar-refractivity contribution is -0.928. The van der Waals surface area contributed by atoms with Crippen molar-refractivity contribution < 1.29 is 26.7 Å². The first kappa shape index (κ1) is 16.7. The van der Waals surface area contributed by atoms with Crippen LogP contribution >= 0.6 is 0 Å². The maximum Gasteiger partial charge on any atom is 0.198 e. The van der Waals surface area contributed by atoms with Crippen LogP contribution in [-0.2, 0) is 4.74 Å². The summed E-state index contributed by atoms with van der Waals surface area (Å²) in [5.74, 6) is 1.02. The van der Waals surface area contributed by atoms with E-state index < -0.39 is 0 Å². The van der Waals surface area contributed by atoms with Crippen molar-refractivity contribution >= 4 is 5.70 Å². The van der Waals surface area contributed by atoms with Crippen LogP contribution in [0.5, 0.6) is 0 Å². The minimum absolute atomic E-state index is 0. The lowest BCUT2D eigenvalue weighted by Gasteiger charge is -2.23. The van der Waals surface area contributed by atoms with Crippen molar-refractivity contribution in [1.29, 1.82) is 0 Å². The zero-order valence-electron chi connectivity index (χ0n) is 13.1. The molecule has 2 atom stereocenters. The van der Waals surface area contributed by atoms with E-state index in [2.05, 4.69) is 67.6 Å². The molecule has 0 fully saturated rings. The van der Waals surface area contributed by atoms with Gasteiger partial charge < -0.3 is 21.7 Å². The Morgan fingerprint density at radius 3 is 2.05 bits per heavy atom. The maximum atomic E-state index is 5.80. The molecule has 1 aliphatic rings. The molecule has 2 aromatic rings. The third-order valence-electron chi connectivity index (χ3n) is 4.17. The first-order valence-corrected chi connectivity index (χ1v) is 7.19. The zero-order chi connectivity index (χ0) is 14.8. The summed E-state index contributed by atoms with van der Waals surface area (Å²) >= 11 is 0. The summed E-state index contributed by atoms with van der Waals surface area (Å²) in [5.41, 5.74) is 3.66. The van der Waals surface area contributed by atoms with Crippen molar-refractivity contribution in [1.82, 2.24) is 5.01 Å². The third kappa shape index (κ3) is 2.82. The number of nitrogens with one attached hydrogen (secondary N) is 1. The Balaban J connectivity index is 0.00000176. The minimum Gasteiger partial charge on any atom is -1.00 e. The second kappa shape index (κ2) is 7.09. The molecule has 0 radical (unpaired) electrons. The molecule has 0 spiro atoms. The molecule has 1 heterocycles. The number of likely N-dealkylation sites (N-methyl/N-ethyl adjacent to an activating group) is 1. The largest absolute Gasteiger partial charge is 1.00 e. The molecule has 0 aliphatic carbocycles. The second-order valence-electron chi connectivity index (χ2n) is 5.32. The Morgan fingerprint density at radius 1 is 0.955 bits per heavy atom. The standard InChI is InChI=1S/C18H20N2O.BrH/c1-19-16(14-10-6-4-7-11-14)18(21-3)17(20(19)2)15-12-8-5-9-13-15;/h4-13,16H,1-3H3;1H. The van der Waals surface area contributed by atoms with Crippen molar-refractivity contribution in [3.8, 4) is 0 Å². The zero-order valence-corrected chi connectivity index (χ0v) is 14.7. The van der Waals surface area contributed by atoms with Crippen molar-refractivity contribution in [2.75, 3.05) is 21.2 Å². The van der Waals surface area contributed by atoms with Crippen LogP contribution in [0, 0.1) is 0 Å². The predicted molar refractivity (Wildman–Crippen MR) is 84.2 cm³/mol. The van der Waals surface area contributed by atoms with E-state index in [1.165, 1.54) is 21.8 Å². The van der Waals surface area contributed by atoms with Crippen molar-refractivity contribution in [3.63, 3.8) is 0 Å². The Labute approximate surface area is 142 Å². The number of hydrogen-bond donors (Lipinski definition) is 1. The van der Waals surface area contributed by atoms with Gasteiger partial charge in [0.05, 0.1) is 14.2 Å². The van der Waals surface area contributed by atoms with Crippen LogP contribution < -0.4 is 22.0 Å². The molecule has 2 unspecified atom stereocenters. The monoisotopic (exact) mass is 360 g/mol. The molecule has 1 aliphatic heterocycles. The van der Waals surface area contributed by atoms with Gasteiger partial charge in [0.25, 0.3) is 0 Å². The average Bonchev–Trinajstić information content (AvgIpc) is 2.80. The molecule has 1 N–H and O–H groups in total. The number of ether oxygens (including phenoxy) is 1. The van der Waals surface area contributed by atoms with E-state index >= 15 is 0 Å². The van der Waals surface area contributed by atoms with Gasteiger partial charge in [-0.15, -0.1) is 5.01 Å². The van der Waals surface area contributed by atoms with E-state index in [1.807, 2.05) is 12.1 Å². The Bertz CT molecular complexity index is 643. The molecular formula is C18H21BrN2O. The number of hydrogen-bond acceptors (Lipinski definition) is 2. The molecule has 4 heteroatoms. The van der Waals surface area contributed by atoms with Gasteiger partial charge in [-0.1, -0.05) is 48.5 Å². The fourth-order valence-corrected chi connectivity index (χ4v) is 3.04. The van der Waals surface area contributed by atoms with E-state index in [-0.39, 0.29) is 23.0 Å². The SMILES string of the molecule is COC1=C(c2ccccc2)[NH+](C)N(C)C1c1ccccc1.[Br-]. The summed E-state index contributed by atoms with van der Waals surface area (Å²) < 4.78 is 5.80. The van der Waals surface area contributed by atoms with Crippen molar-refractivity contribution in [3.05, 3.63) is 77.5 Å². The van der Waals surface area contributed by atoms with E-state index in [0.717, 1.165) is 5.76 Å². The highest BCUT2D eigenvalue weighted by Crippen LogP contribution is 2.34. The van der Waals surface area contributed by atoms with Gasteiger partial charge in [0.15, 0.2) is 11.5 Å². The van der Waals surface area contributed by atoms with E-state index in [1.54, 1.807) is 7.11 Å². The fourth-order valence-electron chi connectivity index (χ4n) is 3.04. The van der Waals surface area contributed by atoms with Gasteiger partial charge in [0, 0.05) is 12.6 Å². The molecule has 3 rings (SSSR count). The molecule has 116 valence electrons. The van der Waals surface area contributed by atoms with E-state index in [4.69, 9.17) is 4.74 Å². The first-order valence-electron chi connectivity index (χ1n) is 7.19. The van der Waals surface area contributed by atoms with E-state index in [9.17, 15) is 0 Å². The van der Waals surface area contributed by atoms with Crippen LogP contribution in [0.1, 0.15) is 17.2 Å². The van der Waals surface area contributed by atoms with Crippen LogP contribution in [-0.4, -0.2) is 26.2 Å². The molecule has 0 saturated carbocycles. The molecule has 0 saturated heterocycles. The highest BCUT2D eigenvalue weighted by Gasteiger charge is 2.42. The van der Waals surface area contributed by atoms with Gasteiger partial charge in [0.2, 0.25) is 0 Å². The van der Waals surface area contributed by atoms with Gasteiger partial charge in [-0.2, -0.15) is 0 Å². The Hall–Kier alpha value is -1.62. The highest BCUT2D eigenvalue weighted by molar-refractivity contribution is 5.63.